The zero-order valence-corrected chi connectivity index (χ0v) is 19.2. The fourth-order valence-corrected chi connectivity index (χ4v) is 6.81. The molecule has 0 aromatic heterocycles. The van der Waals surface area contributed by atoms with Crippen molar-refractivity contribution in [2.24, 2.45) is 28.6 Å². The Kier molecular flexibility index (Phi) is 6.30. The molecule has 1 aromatic rings. The van der Waals surface area contributed by atoms with E-state index in [2.05, 4.69) is 52.0 Å². The third-order valence-electron chi connectivity index (χ3n) is 7.51. The van der Waals surface area contributed by atoms with Crippen LogP contribution in [0, 0.1) is 28.6 Å². The van der Waals surface area contributed by atoms with Crippen LogP contribution in [0.15, 0.2) is 24.3 Å². The lowest BCUT2D eigenvalue weighted by molar-refractivity contribution is -0.124. The highest BCUT2D eigenvalue weighted by Crippen LogP contribution is 2.59. The lowest BCUT2D eigenvalue weighted by Gasteiger charge is -2.49. The van der Waals surface area contributed by atoms with E-state index in [0.717, 1.165) is 49.4 Å². The minimum absolute atomic E-state index is 0.0975. The Labute approximate surface area is 178 Å². The van der Waals surface area contributed by atoms with Gasteiger partial charge in [0.25, 0.3) is 0 Å². The van der Waals surface area contributed by atoms with Gasteiger partial charge in [0, 0.05) is 6.42 Å². The summed E-state index contributed by atoms with van der Waals surface area (Å²) in [6.45, 7) is 9.85. The van der Waals surface area contributed by atoms with Crippen molar-refractivity contribution in [3.63, 3.8) is 0 Å². The van der Waals surface area contributed by atoms with Crippen molar-refractivity contribution in [3.05, 3.63) is 29.8 Å². The Morgan fingerprint density at radius 2 is 1.59 bits per heavy atom. The minimum atomic E-state index is -0.0975. The van der Waals surface area contributed by atoms with Crippen molar-refractivity contribution < 1.29 is 9.47 Å². The van der Waals surface area contributed by atoms with Crippen LogP contribution < -0.4 is 4.74 Å². The molecule has 1 aromatic carbocycles. The topological polar surface area (TPSA) is 18.5 Å². The van der Waals surface area contributed by atoms with Crippen LogP contribution >= 0.6 is 0 Å². The Morgan fingerprint density at radius 1 is 0.966 bits per heavy atom. The van der Waals surface area contributed by atoms with E-state index in [0.29, 0.717) is 10.8 Å². The highest BCUT2D eigenvalue weighted by atomic mass is 16.7. The maximum Gasteiger partial charge on any atom is 0.200 e. The van der Waals surface area contributed by atoms with E-state index >= 15 is 0 Å². The molecule has 0 aliphatic heterocycles. The van der Waals surface area contributed by atoms with Gasteiger partial charge in [0.15, 0.2) is 6.29 Å². The second-order valence-electron chi connectivity index (χ2n) is 11.8. The molecule has 3 unspecified atom stereocenters. The molecule has 162 valence electrons. The van der Waals surface area contributed by atoms with Gasteiger partial charge >= 0.3 is 0 Å². The molecule has 5 rings (SSSR count). The second-order valence-corrected chi connectivity index (χ2v) is 11.8. The zero-order chi connectivity index (χ0) is 20.5. The first kappa shape index (κ1) is 21.2. The van der Waals surface area contributed by atoms with Gasteiger partial charge in [0.05, 0.1) is 6.61 Å². The first-order chi connectivity index (χ1) is 13.8. The molecule has 2 nitrogen and oxygen atoms in total. The molecule has 0 amide bonds. The van der Waals surface area contributed by atoms with Crippen LogP contribution in [0.2, 0.25) is 0 Å². The second kappa shape index (κ2) is 8.61. The first-order valence-electron chi connectivity index (χ1n) is 12.2. The van der Waals surface area contributed by atoms with E-state index in [1.54, 1.807) is 0 Å². The summed E-state index contributed by atoms with van der Waals surface area (Å²) in [4.78, 5) is 0. The van der Waals surface area contributed by atoms with Gasteiger partial charge in [0.1, 0.15) is 5.75 Å². The number of hydrogen-bond acceptors (Lipinski definition) is 2. The minimum Gasteiger partial charge on any atom is -0.465 e. The number of fused-ring (bicyclic) bond motifs is 1. The predicted molar refractivity (Wildman–Crippen MR) is 120 cm³/mol. The smallest absolute Gasteiger partial charge is 0.200 e. The van der Waals surface area contributed by atoms with Crippen LogP contribution in [0.5, 0.6) is 5.75 Å². The third-order valence-corrected chi connectivity index (χ3v) is 7.51. The third kappa shape index (κ3) is 5.57. The molecule has 4 fully saturated rings. The molecule has 4 saturated carbocycles. The average molecular weight is 399 g/mol. The Balaban J connectivity index is 1.44. The highest BCUT2D eigenvalue weighted by molar-refractivity contribution is 5.28. The summed E-state index contributed by atoms with van der Waals surface area (Å²) in [5.41, 5.74) is 2.16. The lowest BCUT2D eigenvalue weighted by Crippen LogP contribution is -2.41. The van der Waals surface area contributed by atoms with Gasteiger partial charge in [0.2, 0.25) is 0 Å². The van der Waals surface area contributed by atoms with Crippen LogP contribution in [0.3, 0.4) is 0 Å². The summed E-state index contributed by atoms with van der Waals surface area (Å²) >= 11 is 0. The summed E-state index contributed by atoms with van der Waals surface area (Å²) in [6.07, 6.45) is 13.3. The van der Waals surface area contributed by atoms with Crippen molar-refractivity contribution in [2.45, 2.75) is 98.2 Å². The van der Waals surface area contributed by atoms with E-state index in [-0.39, 0.29) is 6.29 Å². The van der Waals surface area contributed by atoms with Gasteiger partial charge in [-0.15, -0.1) is 0 Å². The highest BCUT2D eigenvalue weighted by Gasteiger charge is 2.49. The SMILES string of the molecule is CCCOC(CC12CC3CCC(CC(C3)C1)C2)Oc1ccc(CC(C)(C)C)cc1. The van der Waals surface area contributed by atoms with Crippen molar-refractivity contribution in [1.29, 1.82) is 0 Å². The number of hydrogen-bond donors (Lipinski definition) is 0. The van der Waals surface area contributed by atoms with Crippen molar-refractivity contribution in [2.75, 3.05) is 6.61 Å². The molecule has 4 aliphatic rings. The monoisotopic (exact) mass is 398 g/mol. The van der Waals surface area contributed by atoms with Gasteiger partial charge in [-0.25, -0.2) is 0 Å². The van der Waals surface area contributed by atoms with Crippen molar-refractivity contribution >= 4 is 0 Å². The maximum absolute atomic E-state index is 6.46. The largest absolute Gasteiger partial charge is 0.465 e. The Hall–Kier alpha value is -1.02. The molecule has 29 heavy (non-hydrogen) atoms. The summed E-state index contributed by atoms with van der Waals surface area (Å²) in [5, 5.41) is 0. The molecule has 0 spiro atoms. The Morgan fingerprint density at radius 3 is 2.17 bits per heavy atom. The van der Waals surface area contributed by atoms with E-state index in [9.17, 15) is 0 Å². The zero-order valence-electron chi connectivity index (χ0n) is 19.2. The fraction of sp³-hybridized carbons (Fsp3) is 0.778. The predicted octanol–water partition coefficient (Wildman–Crippen LogP) is 7.40. The maximum atomic E-state index is 6.46. The first-order valence-corrected chi connectivity index (χ1v) is 12.2. The van der Waals surface area contributed by atoms with Crippen LogP contribution in [0.4, 0.5) is 0 Å². The number of rotatable bonds is 8. The molecule has 0 saturated heterocycles. The standard InChI is InChI=1S/C27H42O2/c1-5-12-28-25(29-24-10-8-20(9-11-24)15-26(2,3)4)19-27-16-21-6-7-22(17-27)14-23(13-21)18-27/h8-11,21-23,25H,5-7,12-19H2,1-4H3. The van der Waals surface area contributed by atoms with Crippen LogP contribution in [0.1, 0.15) is 91.0 Å². The van der Waals surface area contributed by atoms with E-state index in [1.807, 2.05) is 0 Å². The van der Waals surface area contributed by atoms with Crippen LogP contribution in [-0.2, 0) is 11.2 Å². The summed E-state index contributed by atoms with van der Waals surface area (Å²) in [5.74, 6) is 3.86. The number of ether oxygens (including phenoxy) is 2. The quantitative estimate of drug-likeness (QED) is 0.425. The van der Waals surface area contributed by atoms with Crippen LogP contribution in [-0.4, -0.2) is 12.9 Å². The van der Waals surface area contributed by atoms with Crippen LogP contribution in [0.25, 0.3) is 0 Å². The van der Waals surface area contributed by atoms with Crippen molar-refractivity contribution in [3.8, 4) is 5.75 Å². The summed E-state index contributed by atoms with van der Waals surface area (Å²) in [7, 11) is 0. The molecule has 0 N–H and O–H groups in total. The lowest BCUT2D eigenvalue weighted by atomic mass is 9.57. The summed E-state index contributed by atoms with van der Waals surface area (Å²) < 4.78 is 12.7. The Bertz CT molecular complexity index is 640. The van der Waals surface area contributed by atoms with E-state index < -0.39 is 0 Å². The van der Waals surface area contributed by atoms with Gasteiger partial charge in [-0.1, -0.05) is 52.7 Å². The van der Waals surface area contributed by atoms with Crippen molar-refractivity contribution in [1.82, 2.24) is 0 Å². The summed E-state index contributed by atoms with van der Waals surface area (Å²) in [6, 6.07) is 8.75. The van der Waals surface area contributed by atoms with E-state index in [4.69, 9.17) is 9.47 Å². The van der Waals surface area contributed by atoms with E-state index in [1.165, 1.54) is 50.5 Å². The molecule has 4 aliphatic carbocycles. The molecular formula is C27H42O2. The molecule has 0 heterocycles. The fourth-order valence-electron chi connectivity index (χ4n) is 6.81. The molecule has 2 heteroatoms. The molecule has 4 bridgehead atoms. The number of benzene rings is 1. The van der Waals surface area contributed by atoms with Gasteiger partial charge in [-0.05, 0) is 91.2 Å². The average Bonchev–Trinajstić information content (AvgIpc) is 2.85. The van der Waals surface area contributed by atoms with Gasteiger partial charge in [-0.2, -0.15) is 0 Å². The molecular weight excluding hydrogens is 356 g/mol. The molecule has 3 atom stereocenters. The normalized spacial score (nSPS) is 32.2. The van der Waals surface area contributed by atoms with Gasteiger partial charge < -0.3 is 9.47 Å². The molecule has 0 radical (unpaired) electrons. The van der Waals surface area contributed by atoms with Gasteiger partial charge in [-0.3, -0.25) is 0 Å².